The van der Waals surface area contributed by atoms with Crippen LogP contribution in [0.1, 0.15) is 5.56 Å². The number of nitrogens with one attached hydrogen (secondary N) is 1. The minimum absolute atomic E-state index is 0.870. The standard InChI is InChI=1S/C11H12N2O/c1-8-4-3-5-10(14-2)11(8)9-6-7-12-13-9/h3-7H,1-2H3,(H,12,13). The second kappa shape index (κ2) is 3.54. The molecule has 0 saturated carbocycles. The van der Waals surface area contributed by atoms with Gasteiger partial charge in [0.05, 0.1) is 12.8 Å². The first kappa shape index (κ1) is 8.81. The summed E-state index contributed by atoms with van der Waals surface area (Å²) in [5, 5.41) is 6.87. The third-order valence-corrected chi connectivity index (χ3v) is 2.22. The lowest BCUT2D eigenvalue weighted by molar-refractivity contribution is 0.416. The zero-order valence-electron chi connectivity index (χ0n) is 8.24. The van der Waals surface area contributed by atoms with Crippen LogP contribution in [0.3, 0.4) is 0 Å². The average molecular weight is 188 g/mol. The van der Waals surface area contributed by atoms with Gasteiger partial charge in [0.25, 0.3) is 0 Å². The molecule has 0 amide bonds. The van der Waals surface area contributed by atoms with Gasteiger partial charge in [-0.15, -0.1) is 0 Å². The van der Waals surface area contributed by atoms with Crippen molar-refractivity contribution in [3.8, 4) is 17.0 Å². The maximum absolute atomic E-state index is 5.30. The van der Waals surface area contributed by atoms with Crippen LogP contribution < -0.4 is 4.74 Å². The van der Waals surface area contributed by atoms with Crippen LogP contribution in [0.4, 0.5) is 0 Å². The lowest BCUT2D eigenvalue weighted by Gasteiger charge is -2.09. The maximum atomic E-state index is 5.30. The van der Waals surface area contributed by atoms with E-state index >= 15 is 0 Å². The zero-order chi connectivity index (χ0) is 9.97. The van der Waals surface area contributed by atoms with Crippen LogP contribution in [0.15, 0.2) is 30.5 Å². The average Bonchev–Trinajstić information content (AvgIpc) is 2.70. The molecule has 0 radical (unpaired) electrons. The van der Waals surface area contributed by atoms with Crippen molar-refractivity contribution in [2.24, 2.45) is 0 Å². The van der Waals surface area contributed by atoms with E-state index in [-0.39, 0.29) is 0 Å². The van der Waals surface area contributed by atoms with Gasteiger partial charge in [0.2, 0.25) is 0 Å². The Morgan fingerprint density at radius 3 is 2.79 bits per heavy atom. The van der Waals surface area contributed by atoms with Crippen LogP contribution in [-0.2, 0) is 0 Å². The molecule has 1 aromatic heterocycles. The summed E-state index contributed by atoms with van der Waals surface area (Å²) >= 11 is 0. The van der Waals surface area contributed by atoms with Gasteiger partial charge in [-0.3, -0.25) is 5.10 Å². The largest absolute Gasteiger partial charge is 0.496 e. The lowest BCUT2D eigenvalue weighted by atomic mass is 10.0. The molecule has 14 heavy (non-hydrogen) atoms. The quantitative estimate of drug-likeness (QED) is 0.785. The van der Waals surface area contributed by atoms with Crippen LogP contribution in [0, 0.1) is 6.92 Å². The van der Waals surface area contributed by atoms with E-state index < -0.39 is 0 Å². The number of nitrogens with zero attached hydrogens (tertiary/aromatic N) is 1. The van der Waals surface area contributed by atoms with Gasteiger partial charge >= 0.3 is 0 Å². The predicted octanol–water partition coefficient (Wildman–Crippen LogP) is 2.39. The minimum atomic E-state index is 0.870. The molecule has 0 unspecified atom stereocenters. The van der Waals surface area contributed by atoms with Gasteiger partial charge < -0.3 is 4.74 Å². The molecular formula is C11H12N2O. The zero-order valence-corrected chi connectivity index (χ0v) is 8.24. The van der Waals surface area contributed by atoms with Crippen LogP contribution in [-0.4, -0.2) is 17.3 Å². The Morgan fingerprint density at radius 2 is 2.14 bits per heavy atom. The highest BCUT2D eigenvalue weighted by atomic mass is 16.5. The molecular weight excluding hydrogens is 176 g/mol. The number of methoxy groups -OCH3 is 1. The molecule has 0 aliphatic rings. The van der Waals surface area contributed by atoms with E-state index in [1.807, 2.05) is 18.2 Å². The first-order chi connectivity index (χ1) is 6.83. The molecule has 0 saturated heterocycles. The molecule has 0 fully saturated rings. The Morgan fingerprint density at radius 1 is 1.29 bits per heavy atom. The van der Waals surface area contributed by atoms with Gasteiger partial charge in [0.1, 0.15) is 5.75 Å². The fourth-order valence-electron chi connectivity index (χ4n) is 1.55. The number of ether oxygens (including phenoxy) is 1. The summed E-state index contributed by atoms with van der Waals surface area (Å²) in [6, 6.07) is 7.92. The van der Waals surface area contributed by atoms with E-state index in [0.717, 1.165) is 17.0 Å². The van der Waals surface area contributed by atoms with Gasteiger partial charge in [0, 0.05) is 11.8 Å². The number of aryl methyl sites for hydroxylation is 1. The monoisotopic (exact) mass is 188 g/mol. The van der Waals surface area contributed by atoms with Crippen molar-refractivity contribution in [1.82, 2.24) is 10.2 Å². The van der Waals surface area contributed by atoms with Crippen LogP contribution >= 0.6 is 0 Å². The molecule has 1 heterocycles. The fourth-order valence-corrected chi connectivity index (χ4v) is 1.55. The molecule has 1 aromatic carbocycles. The normalized spacial score (nSPS) is 10.1. The Labute approximate surface area is 82.7 Å². The Hall–Kier alpha value is -1.77. The van der Waals surface area contributed by atoms with Crippen molar-refractivity contribution in [3.05, 3.63) is 36.0 Å². The Bertz CT molecular complexity index is 421. The SMILES string of the molecule is COc1cccc(C)c1-c1ccn[nH]1. The van der Waals surface area contributed by atoms with Crippen LogP contribution in [0.5, 0.6) is 5.75 Å². The first-order valence-electron chi connectivity index (χ1n) is 4.46. The molecule has 72 valence electrons. The van der Waals surface area contributed by atoms with E-state index in [9.17, 15) is 0 Å². The molecule has 2 rings (SSSR count). The smallest absolute Gasteiger partial charge is 0.128 e. The third-order valence-electron chi connectivity index (χ3n) is 2.22. The molecule has 0 atom stereocenters. The number of benzene rings is 1. The fraction of sp³-hybridized carbons (Fsp3) is 0.182. The van der Waals surface area contributed by atoms with Crippen molar-refractivity contribution in [1.29, 1.82) is 0 Å². The molecule has 0 aliphatic heterocycles. The molecule has 2 aromatic rings. The van der Waals surface area contributed by atoms with Gasteiger partial charge in [0.15, 0.2) is 0 Å². The summed E-state index contributed by atoms with van der Waals surface area (Å²) in [6.45, 7) is 2.05. The van der Waals surface area contributed by atoms with E-state index in [2.05, 4.69) is 23.2 Å². The lowest BCUT2D eigenvalue weighted by Crippen LogP contribution is -1.90. The highest BCUT2D eigenvalue weighted by molar-refractivity contribution is 5.70. The molecule has 1 N–H and O–H groups in total. The van der Waals surface area contributed by atoms with Crippen molar-refractivity contribution in [2.45, 2.75) is 6.92 Å². The topological polar surface area (TPSA) is 37.9 Å². The highest BCUT2D eigenvalue weighted by Gasteiger charge is 2.08. The van der Waals surface area contributed by atoms with Crippen LogP contribution in [0.2, 0.25) is 0 Å². The number of aromatic nitrogens is 2. The summed E-state index contributed by atoms with van der Waals surface area (Å²) in [4.78, 5) is 0. The Kier molecular flexibility index (Phi) is 2.23. The van der Waals surface area contributed by atoms with E-state index in [1.165, 1.54) is 5.56 Å². The summed E-state index contributed by atoms with van der Waals surface area (Å²) in [5.41, 5.74) is 3.24. The molecule has 0 bridgehead atoms. The first-order valence-corrected chi connectivity index (χ1v) is 4.46. The van der Waals surface area contributed by atoms with Gasteiger partial charge in [-0.2, -0.15) is 5.10 Å². The summed E-state index contributed by atoms with van der Waals surface area (Å²) in [7, 11) is 1.68. The van der Waals surface area contributed by atoms with Gasteiger partial charge in [-0.05, 0) is 24.6 Å². The number of hydrogen-bond donors (Lipinski definition) is 1. The maximum Gasteiger partial charge on any atom is 0.128 e. The second-order valence-corrected chi connectivity index (χ2v) is 3.12. The number of H-pyrrole nitrogens is 1. The number of rotatable bonds is 2. The van der Waals surface area contributed by atoms with Crippen molar-refractivity contribution in [2.75, 3.05) is 7.11 Å². The molecule has 0 aliphatic carbocycles. The molecule has 0 spiro atoms. The van der Waals surface area contributed by atoms with E-state index in [0.29, 0.717) is 0 Å². The summed E-state index contributed by atoms with van der Waals surface area (Å²) in [5.74, 6) is 0.870. The highest BCUT2D eigenvalue weighted by Crippen LogP contribution is 2.31. The summed E-state index contributed by atoms with van der Waals surface area (Å²) in [6.07, 6.45) is 1.74. The predicted molar refractivity (Wildman–Crippen MR) is 55.3 cm³/mol. The van der Waals surface area contributed by atoms with E-state index in [4.69, 9.17) is 4.74 Å². The number of aromatic amines is 1. The third kappa shape index (κ3) is 1.37. The van der Waals surface area contributed by atoms with E-state index in [1.54, 1.807) is 13.3 Å². The van der Waals surface area contributed by atoms with Crippen molar-refractivity contribution < 1.29 is 4.74 Å². The Balaban J connectivity index is 2.61. The number of hydrogen-bond acceptors (Lipinski definition) is 2. The van der Waals surface area contributed by atoms with Gasteiger partial charge in [-0.1, -0.05) is 12.1 Å². The van der Waals surface area contributed by atoms with Crippen molar-refractivity contribution >= 4 is 0 Å². The molecule has 3 nitrogen and oxygen atoms in total. The summed E-state index contributed by atoms with van der Waals surface area (Å²) < 4.78 is 5.30. The minimum Gasteiger partial charge on any atom is -0.496 e. The van der Waals surface area contributed by atoms with Crippen LogP contribution in [0.25, 0.3) is 11.3 Å². The van der Waals surface area contributed by atoms with Gasteiger partial charge in [-0.25, -0.2) is 0 Å². The molecule has 3 heteroatoms. The second-order valence-electron chi connectivity index (χ2n) is 3.12. The van der Waals surface area contributed by atoms with Crippen molar-refractivity contribution in [3.63, 3.8) is 0 Å².